The van der Waals surface area contributed by atoms with Crippen molar-refractivity contribution in [3.05, 3.63) is 35.4 Å². The first-order valence-corrected chi connectivity index (χ1v) is 5.58. The molecule has 0 bridgehead atoms. The molecule has 94 valence electrons. The highest BCUT2D eigenvalue weighted by molar-refractivity contribution is 5.96. The fourth-order valence-corrected chi connectivity index (χ4v) is 1.29. The lowest BCUT2D eigenvalue weighted by Crippen LogP contribution is -2.13. The second-order valence-corrected chi connectivity index (χ2v) is 3.35. The van der Waals surface area contributed by atoms with E-state index in [9.17, 15) is 4.79 Å². The molecule has 0 spiro atoms. The van der Waals surface area contributed by atoms with Crippen molar-refractivity contribution in [2.75, 3.05) is 6.61 Å². The Morgan fingerprint density at radius 3 is 2.24 bits per heavy atom. The molecule has 3 N–H and O–H groups in total. The van der Waals surface area contributed by atoms with Crippen molar-refractivity contribution in [3.63, 3.8) is 0 Å². The summed E-state index contributed by atoms with van der Waals surface area (Å²) in [5.41, 5.74) is 7.37. The molecule has 0 fully saturated rings. The summed E-state index contributed by atoms with van der Waals surface area (Å²) in [6.45, 7) is 5.71. The number of amidine groups is 1. The number of benzene rings is 1. The number of carbonyl (C=O) groups is 1. The Bertz CT molecular complexity index is 375. The number of nitrogens with one attached hydrogen (secondary N) is 1. The van der Waals surface area contributed by atoms with Crippen LogP contribution in [0.2, 0.25) is 0 Å². The summed E-state index contributed by atoms with van der Waals surface area (Å²) < 4.78 is 4.40. The summed E-state index contributed by atoms with van der Waals surface area (Å²) in [7, 11) is 0. The summed E-state index contributed by atoms with van der Waals surface area (Å²) >= 11 is 0. The molecule has 0 aliphatic carbocycles. The summed E-state index contributed by atoms with van der Waals surface area (Å²) in [6, 6.07) is 7.74. The van der Waals surface area contributed by atoms with Gasteiger partial charge in [-0.2, -0.15) is 0 Å². The van der Waals surface area contributed by atoms with Crippen LogP contribution in [0.1, 0.15) is 31.9 Å². The van der Waals surface area contributed by atoms with E-state index in [4.69, 9.17) is 11.1 Å². The zero-order valence-corrected chi connectivity index (χ0v) is 10.6. The lowest BCUT2D eigenvalue weighted by atomic mass is 10.1. The largest absolute Gasteiger partial charge is 0.466 e. The molecule has 0 amide bonds. The molecule has 17 heavy (non-hydrogen) atoms. The number of nitrogen functional groups attached to an aromatic ring is 1. The van der Waals surface area contributed by atoms with E-state index >= 15 is 0 Å². The molecule has 0 atom stereocenters. The van der Waals surface area contributed by atoms with Crippen molar-refractivity contribution >= 4 is 11.8 Å². The van der Waals surface area contributed by atoms with Gasteiger partial charge in [0.15, 0.2) is 0 Å². The Labute approximate surface area is 102 Å². The molecule has 0 saturated heterocycles. The highest BCUT2D eigenvalue weighted by Gasteiger charge is 2.00. The minimum absolute atomic E-state index is 0.155. The van der Waals surface area contributed by atoms with Crippen molar-refractivity contribution in [1.29, 1.82) is 5.41 Å². The third-order valence-electron chi connectivity index (χ3n) is 2.04. The number of nitrogens with two attached hydrogens (primary N) is 1. The molecule has 0 heterocycles. The molecule has 1 rings (SSSR count). The van der Waals surface area contributed by atoms with Crippen LogP contribution in [0.5, 0.6) is 0 Å². The quantitative estimate of drug-likeness (QED) is 0.479. The van der Waals surface area contributed by atoms with Crippen molar-refractivity contribution in [3.8, 4) is 0 Å². The number of esters is 1. The van der Waals surface area contributed by atoms with Gasteiger partial charge >= 0.3 is 5.97 Å². The molecule has 0 aromatic heterocycles. The number of hydrogen-bond acceptors (Lipinski definition) is 3. The van der Waals surface area contributed by atoms with E-state index in [-0.39, 0.29) is 11.8 Å². The summed E-state index contributed by atoms with van der Waals surface area (Å²) in [4.78, 5) is 9.82. The normalized spacial score (nSPS) is 8.88. The van der Waals surface area contributed by atoms with E-state index in [0.29, 0.717) is 6.61 Å². The topological polar surface area (TPSA) is 76.2 Å². The van der Waals surface area contributed by atoms with Gasteiger partial charge in [-0.1, -0.05) is 31.2 Å². The lowest BCUT2D eigenvalue weighted by molar-refractivity contribution is -0.140. The Kier molecular flexibility index (Phi) is 7.43. The van der Waals surface area contributed by atoms with Gasteiger partial charge in [-0.15, -0.1) is 0 Å². The fraction of sp³-hybridized carbons (Fsp3) is 0.385. The van der Waals surface area contributed by atoms with Crippen molar-refractivity contribution < 1.29 is 9.53 Å². The highest BCUT2D eigenvalue weighted by atomic mass is 16.5. The van der Waals surface area contributed by atoms with Crippen molar-refractivity contribution in [2.24, 2.45) is 5.73 Å². The number of rotatable bonds is 3. The maximum atomic E-state index is 9.82. The minimum atomic E-state index is -0.211. The standard InChI is InChI=1S/C9H12N2.C4H8O2/c1-2-7-5-3-4-6-8(7)9(10)11;1-3-6-4(2)5/h3-6H,2H2,1H3,(H3,10,11);3H2,1-2H3. The van der Waals surface area contributed by atoms with Crippen LogP contribution in [-0.4, -0.2) is 18.4 Å². The molecule has 0 aliphatic rings. The van der Waals surface area contributed by atoms with E-state index in [1.807, 2.05) is 24.3 Å². The molecule has 0 aliphatic heterocycles. The van der Waals surface area contributed by atoms with Gasteiger partial charge in [-0.3, -0.25) is 10.2 Å². The SMILES string of the molecule is CCOC(C)=O.CCc1ccccc1C(=N)N. The van der Waals surface area contributed by atoms with Crippen molar-refractivity contribution in [1.82, 2.24) is 0 Å². The van der Waals surface area contributed by atoms with E-state index in [1.165, 1.54) is 6.92 Å². The van der Waals surface area contributed by atoms with Crippen LogP contribution in [-0.2, 0) is 16.0 Å². The van der Waals surface area contributed by atoms with Gasteiger partial charge < -0.3 is 10.5 Å². The van der Waals surface area contributed by atoms with E-state index in [1.54, 1.807) is 6.92 Å². The molecular weight excluding hydrogens is 216 g/mol. The third-order valence-corrected chi connectivity index (χ3v) is 2.04. The van der Waals surface area contributed by atoms with Gasteiger partial charge in [0.2, 0.25) is 0 Å². The predicted molar refractivity (Wildman–Crippen MR) is 69.1 cm³/mol. The van der Waals surface area contributed by atoms with Gasteiger partial charge in [-0.25, -0.2) is 0 Å². The maximum absolute atomic E-state index is 9.82. The molecule has 0 saturated carbocycles. The molecule has 1 aromatic carbocycles. The third kappa shape index (κ3) is 6.35. The van der Waals surface area contributed by atoms with Gasteiger partial charge in [0, 0.05) is 12.5 Å². The highest BCUT2D eigenvalue weighted by Crippen LogP contribution is 2.07. The maximum Gasteiger partial charge on any atom is 0.302 e. The average Bonchev–Trinajstić information content (AvgIpc) is 2.29. The van der Waals surface area contributed by atoms with E-state index in [0.717, 1.165) is 17.5 Å². The zero-order chi connectivity index (χ0) is 13.3. The van der Waals surface area contributed by atoms with Crippen LogP contribution in [0.4, 0.5) is 0 Å². The first kappa shape index (κ1) is 15.2. The zero-order valence-electron chi connectivity index (χ0n) is 10.6. The monoisotopic (exact) mass is 236 g/mol. The molecule has 4 heteroatoms. The minimum Gasteiger partial charge on any atom is -0.466 e. The Morgan fingerprint density at radius 1 is 1.35 bits per heavy atom. The number of carbonyl (C=O) groups excluding carboxylic acids is 1. The average molecular weight is 236 g/mol. The van der Waals surface area contributed by atoms with Crippen molar-refractivity contribution in [2.45, 2.75) is 27.2 Å². The second kappa shape index (κ2) is 8.33. The summed E-state index contributed by atoms with van der Waals surface area (Å²) in [5, 5.41) is 7.26. The van der Waals surface area contributed by atoms with E-state index < -0.39 is 0 Å². The van der Waals surface area contributed by atoms with Crippen LogP contribution in [0, 0.1) is 5.41 Å². The first-order chi connectivity index (χ1) is 8.02. The van der Waals surface area contributed by atoms with Crippen LogP contribution in [0.3, 0.4) is 0 Å². The fourth-order valence-electron chi connectivity index (χ4n) is 1.29. The molecule has 4 nitrogen and oxygen atoms in total. The molecular formula is C13H20N2O2. The van der Waals surface area contributed by atoms with E-state index in [2.05, 4.69) is 11.7 Å². The van der Waals surface area contributed by atoms with Crippen LogP contribution in [0.15, 0.2) is 24.3 Å². The van der Waals surface area contributed by atoms with Gasteiger partial charge in [-0.05, 0) is 18.9 Å². The van der Waals surface area contributed by atoms with Crippen LogP contribution in [0.25, 0.3) is 0 Å². The Morgan fingerprint density at radius 2 is 1.94 bits per heavy atom. The summed E-state index contributed by atoms with van der Waals surface area (Å²) in [5.74, 6) is -0.0556. The smallest absolute Gasteiger partial charge is 0.302 e. The second-order valence-electron chi connectivity index (χ2n) is 3.35. The summed E-state index contributed by atoms with van der Waals surface area (Å²) in [6.07, 6.45) is 0.926. The van der Waals surface area contributed by atoms with Gasteiger partial charge in [0.05, 0.1) is 6.61 Å². The number of hydrogen-bond donors (Lipinski definition) is 2. The molecule has 1 aromatic rings. The molecule has 0 unspecified atom stereocenters. The van der Waals surface area contributed by atoms with Gasteiger partial charge in [0.1, 0.15) is 5.84 Å². The number of ether oxygens (including phenoxy) is 1. The lowest BCUT2D eigenvalue weighted by Gasteiger charge is -2.03. The Balaban J connectivity index is 0.000000366. The number of aryl methyl sites for hydroxylation is 1. The predicted octanol–water partition coefficient (Wildman–Crippen LogP) is 2.10. The van der Waals surface area contributed by atoms with Crippen LogP contribution < -0.4 is 5.73 Å². The van der Waals surface area contributed by atoms with Gasteiger partial charge in [0.25, 0.3) is 0 Å². The first-order valence-electron chi connectivity index (χ1n) is 5.58. The Hall–Kier alpha value is -1.84. The molecule has 0 radical (unpaired) electrons. The van der Waals surface area contributed by atoms with Crippen LogP contribution >= 0.6 is 0 Å².